The van der Waals surface area contributed by atoms with Crippen LogP contribution >= 0.6 is 0 Å². The van der Waals surface area contributed by atoms with Gasteiger partial charge in [0, 0.05) is 32.7 Å². The first-order chi connectivity index (χ1) is 8.92. The Morgan fingerprint density at radius 1 is 1.26 bits per heavy atom. The molecule has 0 aliphatic carbocycles. The smallest absolute Gasteiger partial charge is 0.229 e. The van der Waals surface area contributed by atoms with E-state index in [1.165, 1.54) is 6.42 Å². The molecule has 0 saturated carbocycles. The lowest BCUT2D eigenvalue weighted by molar-refractivity contribution is -0.142. The molecule has 2 N–H and O–H groups in total. The first-order valence-electron chi connectivity index (χ1n) is 7.64. The molecule has 112 valence electrons. The van der Waals surface area contributed by atoms with Crippen LogP contribution in [0.25, 0.3) is 0 Å². The Labute approximate surface area is 118 Å². The van der Waals surface area contributed by atoms with E-state index in [9.17, 15) is 4.79 Å². The monoisotopic (exact) mass is 269 g/mol. The maximum atomic E-state index is 12.5. The van der Waals surface area contributed by atoms with Gasteiger partial charge in [-0.15, -0.1) is 0 Å². The molecule has 0 bridgehead atoms. The van der Waals surface area contributed by atoms with Crippen molar-refractivity contribution in [2.24, 2.45) is 17.1 Å². The summed E-state index contributed by atoms with van der Waals surface area (Å²) < 4.78 is 0. The summed E-state index contributed by atoms with van der Waals surface area (Å²) in [6, 6.07) is 0. The van der Waals surface area contributed by atoms with Gasteiger partial charge in [-0.1, -0.05) is 20.8 Å². The first kappa shape index (κ1) is 16.4. The molecule has 0 aromatic carbocycles. The summed E-state index contributed by atoms with van der Waals surface area (Å²) in [4.78, 5) is 17.0. The van der Waals surface area contributed by atoms with Gasteiger partial charge in [-0.25, -0.2) is 0 Å². The molecular weight excluding hydrogens is 238 g/mol. The van der Waals surface area contributed by atoms with Crippen LogP contribution in [0.3, 0.4) is 0 Å². The third-order valence-corrected chi connectivity index (χ3v) is 4.43. The van der Waals surface area contributed by atoms with E-state index in [1.807, 2.05) is 18.7 Å². The Morgan fingerprint density at radius 3 is 2.26 bits per heavy atom. The molecular formula is C15H31N3O. The van der Waals surface area contributed by atoms with Gasteiger partial charge < -0.3 is 10.6 Å². The van der Waals surface area contributed by atoms with Crippen molar-refractivity contribution in [1.82, 2.24) is 9.80 Å². The van der Waals surface area contributed by atoms with Crippen LogP contribution in [0, 0.1) is 11.3 Å². The Bertz CT molecular complexity index is 279. The Morgan fingerprint density at radius 2 is 1.84 bits per heavy atom. The van der Waals surface area contributed by atoms with E-state index in [1.54, 1.807) is 0 Å². The van der Waals surface area contributed by atoms with Crippen LogP contribution in [0.4, 0.5) is 0 Å². The predicted molar refractivity (Wildman–Crippen MR) is 79.9 cm³/mol. The first-order valence-corrected chi connectivity index (χ1v) is 7.64. The van der Waals surface area contributed by atoms with Crippen LogP contribution in [-0.4, -0.2) is 55.0 Å². The fourth-order valence-corrected chi connectivity index (χ4v) is 2.38. The summed E-state index contributed by atoms with van der Waals surface area (Å²) in [5.74, 6) is 0.987. The van der Waals surface area contributed by atoms with Crippen LogP contribution < -0.4 is 5.73 Å². The highest BCUT2D eigenvalue weighted by atomic mass is 16.2. The van der Waals surface area contributed by atoms with Gasteiger partial charge in [-0.2, -0.15) is 0 Å². The lowest BCUT2D eigenvalue weighted by atomic mass is 9.86. The molecule has 1 rings (SSSR count). The minimum absolute atomic E-state index is 0.237. The van der Waals surface area contributed by atoms with Gasteiger partial charge in [0.05, 0.1) is 5.41 Å². The molecule has 1 heterocycles. The van der Waals surface area contributed by atoms with Crippen molar-refractivity contribution in [2.75, 3.05) is 39.3 Å². The van der Waals surface area contributed by atoms with Crippen molar-refractivity contribution >= 4 is 5.91 Å². The molecule has 1 unspecified atom stereocenters. The van der Waals surface area contributed by atoms with Crippen LogP contribution in [0.5, 0.6) is 0 Å². The Balaban J connectivity index is 2.43. The van der Waals surface area contributed by atoms with Crippen molar-refractivity contribution in [3.63, 3.8) is 0 Å². The minimum atomic E-state index is -0.375. The zero-order valence-electron chi connectivity index (χ0n) is 13.1. The Hall–Kier alpha value is -0.610. The fourth-order valence-electron chi connectivity index (χ4n) is 2.38. The molecule has 0 aromatic heterocycles. The number of amides is 1. The van der Waals surface area contributed by atoms with Gasteiger partial charge in [0.2, 0.25) is 5.91 Å². The highest BCUT2D eigenvalue weighted by Gasteiger charge is 2.34. The summed E-state index contributed by atoms with van der Waals surface area (Å²) >= 11 is 0. The lowest BCUT2D eigenvalue weighted by Gasteiger charge is -2.39. The number of hydrogen-bond acceptors (Lipinski definition) is 3. The molecule has 4 nitrogen and oxygen atoms in total. The van der Waals surface area contributed by atoms with E-state index < -0.39 is 0 Å². The van der Waals surface area contributed by atoms with Crippen LogP contribution in [0.2, 0.25) is 0 Å². The van der Waals surface area contributed by atoms with Gasteiger partial charge in [-0.05, 0) is 32.2 Å². The molecule has 0 spiro atoms. The van der Waals surface area contributed by atoms with E-state index in [-0.39, 0.29) is 11.3 Å². The largest absolute Gasteiger partial charge is 0.340 e. The van der Waals surface area contributed by atoms with Gasteiger partial charge >= 0.3 is 0 Å². The standard InChI is InChI=1S/C15H31N3O/c1-5-15(4,12-16)14(19)18-10-8-17(9-11-18)7-6-13(2)3/h13H,5-12,16H2,1-4H3. The number of carbonyl (C=O) groups excluding carboxylic acids is 1. The molecule has 1 aliphatic rings. The predicted octanol–water partition coefficient (Wildman–Crippen LogP) is 1.55. The molecule has 1 amide bonds. The van der Waals surface area contributed by atoms with Crippen LogP contribution in [-0.2, 0) is 4.79 Å². The number of carbonyl (C=O) groups is 1. The average molecular weight is 269 g/mol. The highest BCUT2D eigenvalue weighted by molar-refractivity contribution is 5.82. The van der Waals surface area contributed by atoms with Gasteiger partial charge in [0.15, 0.2) is 0 Å². The summed E-state index contributed by atoms with van der Waals surface area (Å²) in [6.45, 7) is 13.9. The minimum Gasteiger partial charge on any atom is -0.340 e. The molecule has 0 radical (unpaired) electrons. The average Bonchev–Trinajstić information content (AvgIpc) is 2.44. The highest BCUT2D eigenvalue weighted by Crippen LogP contribution is 2.23. The molecule has 1 saturated heterocycles. The summed E-state index contributed by atoms with van der Waals surface area (Å²) in [6.07, 6.45) is 2.05. The molecule has 4 heteroatoms. The van der Waals surface area contributed by atoms with Crippen molar-refractivity contribution in [2.45, 2.75) is 40.5 Å². The maximum Gasteiger partial charge on any atom is 0.229 e. The van der Waals surface area contributed by atoms with Crippen LogP contribution in [0.1, 0.15) is 40.5 Å². The van der Waals surface area contributed by atoms with E-state index in [2.05, 4.69) is 18.7 Å². The number of piperazine rings is 1. The van der Waals surface area contributed by atoms with Crippen molar-refractivity contribution in [1.29, 1.82) is 0 Å². The third-order valence-electron chi connectivity index (χ3n) is 4.43. The van der Waals surface area contributed by atoms with Gasteiger partial charge in [0.25, 0.3) is 0 Å². The van der Waals surface area contributed by atoms with Crippen molar-refractivity contribution in [3.05, 3.63) is 0 Å². The zero-order chi connectivity index (χ0) is 14.5. The Kier molecular flexibility index (Phi) is 6.27. The second kappa shape index (κ2) is 7.25. The topological polar surface area (TPSA) is 49.6 Å². The molecule has 1 atom stereocenters. The second-order valence-electron chi connectivity index (χ2n) is 6.43. The maximum absolute atomic E-state index is 12.5. The number of hydrogen-bond donors (Lipinski definition) is 1. The fraction of sp³-hybridized carbons (Fsp3) is 0.933. The number of rotatable bonds is 6. The molecule has 1 fully saturated rings. The molecule has 1 aliphatic heterocycles. The zero-order valence-corrected chi connectivity index (χ0v) is 13.1. The molecule has 19 heavy (non-hydrogen) atoms. The molecule has 0 aromatic rings. The summed E-state index contributed by atoms with van der Waals surface area (Å²) in [7, 11) is 0. The van der Waals surface area contributed by atoms with E-state index in [0.29, 0.717) is 6.54 Å². The second-order valence-corrected chi connectivity index (χ2v) is 6.43. The van der Waals surface area contributed by atoms with Gasteiger partial charge in [-0.3, -0.25) is 9.69 Å². The third kappa shape index (κ3) is 4.46. The van der Waals surface area contributed by atoms with E-state index in [4.69, 9.17) is 5.73 Å². The van der Waals surface area contributed by atoms with Crippen molar-refractivity contribution < 1.29 is 4.79 Å². The van der Waals surface area contributed by atoms with Gasteiger partial charge in [0.1, 0.15) is 0 Å². The SMILES string of the molecule is CCC(C)(CN)C(=O)N1CCN(CCC(C)C)CC1. The van der Waals surface area contributed by atoms with Crippen LogP contribution in [0.15, 0.2) is 0 Å². The normalized spacial score (nSPS) is 20.6. The quantitative estimate of drug-likeness (QED) is 0.796. The number of nitrogens with zero attached hydrogens (tertiary/aromatic N) is 2. The van der Waals surface area contributed by atoms with Crippen molar-refractivity contribution in [3.8, 4) is 0 Å². The van der Waals surface area contributed by atoms with E-state index >= 15 is 0 Å². The number of nitrogens with two attached hydrogens (primary N) is 1. The summed E-state index contributed by atoms with van der Waals surface area (Å²) in [5, 5.41) is 0. The van der Waals surface area contributed by atoms with E-state index in [0.717, 1.165) is 45.1 Å². The summed E-state index contributed by atoms with van der Waals surface area (Å²) in [5.41, 5.74) is 5.40. The lowest BCUT2D eigenvalue weighted by Crippen LogP contribution is -2.54.